The van der Waals surface area contributed by atoms with Crippen molar-refractivity contribution in [2.45, 2.75) is 25.7 Å². The van der Waals surface area contributed by atoms with Crippen molar-refractivity contribution in [2.75, 3.05) is 38.0 Å². The molecule has 1 fully saturated rings. The number of hydrogen-bond donors (Lipinski definition) is 1. The lowest BCUT2D eigenvalue weighted by atomic mass is 10.1. The van der Waals surface area contributed by atoms with Gasteiger partial charge in [0.1, 0.15) is 0 Å². The van der Waals surface area contributed by atoms with Gasteiger partial charge in [0.05, 0.1) is 4.90 Å². The van der Waals surface area contributed by atoms with Gasteiger partial charge in [-0.05, 0) is 56.8 Å². The maximum atomic E-state index is 12.8. The second kappa shape index (κ2) is 8.43. The molecule has 150 valence electrons. The third-order valence-corrected chi connectivity index (χ3v) is 6.93. The predicted octanol–water partition coefficient (Wildman–Crippen LogP) is 2.88. The number of aryl methyl sites for hydroxylation is 2. The molecule has 2 aromatic carbocycles. The Labute approximate surface area is 167 Å². The molecule has 0 saturated carbocycles. The fraction of sp³-hybridized carbons (Fsp3) is 0.381. The number of amides is 1. The molecule has 3 rings (SSSR count). The van der Waals surface area contributed by atoms with Gasteiger partial charge in [-0.2, -0.15) is 4.31 Å². The van der Waals surface area contributed by atoms with Crippen molar-refractivity contribution in [1.29, 1.82) is 0 Å². The molecule has 0 atom stereocenters. The van der Waals surface area contributed by atoms with Crippen LogP contribution in [0.3, 0.4) is 0 Å². The smallest absolute Gasteiger partial charge is 0.255 e. The largest absolute Gasteiger partial charge is 0.322 e. The van der Waals surface area contributed by atoms with Crippen molar-refractivity contribution in [2.24, 2.45) is 0 Å². The van der Waals surface area contributed by atoms with E-state index in [4.69, 9.17) is 0 Å². The summed E-state index contributed by atoms with van der Waals surface area (Å²) < 4.78 is 27.2. The third-order valence-electron chi connectivity index (χ3n) is 5.01. The molecule has 1 N–H and O–H groups in total. The summed E-state index contributed by atoms with van der Waals surface area (Å²) in [4.78, 5) is 15.0. The summed E-state index contributed by atoms with van der Waals surface area (Å²) in [5.41, 5.74) is 3.20. The summed E-state index contributed by atoms with van der Waals surface area (Å²) >= 11 is 0. The van der Waals surface area contributed by atoms with E-state index in [-0.39, 0.29) is 10.8 Å². The molecule has 0 aromatic heterocycles. The highest BCUT2D eigenvalue weighted by Crippen LogP contribution is 2.20. The van der Waals surface area contributed by atoms with Crippen LogP contribution in [0.4, 0.5) is 5.69 Å². The highest BCUT2D eigenvalue weighted by atomic mass is 32.2. The zero-order chi connectivity index (χ0) is 20.3. The van der Waals surface area contributed by atoms with Gasteiger partial charge >= 0.3 is 0 Å². The number of rotatable bonds is 5. The van der Waals surface area contributed by atoms with Crippen molar-refractivity contribution in [3.05, 3.63) is 59.2 Å². The molecule has 0 bridgehead atoms. The molecule has 1 amide bonds. The highest BCUT2D eigenvalue weighted by molar-refractivity contribution is 7.89. The van der Waals surface area contributed by atoms with Crippen LogP contribution in [0.15, 0.2) is 47.4 Å². The summed E-state index contributed by atoms with van der Waals surface area (Å²) in [5, 5.41) is 2.83. The van der Waals surface area contributed by atoms with Gasteiger partial charge in [0.15, 0.2) is 0 Å². The topological polar surface area (TPSA) is 69.7 Å². The molecule has 1 heterocycles. The van der Waals surface area contributed by atoms with E-state index in [0.29, 0.717) is 24.3 Å². The summed E-state index contributed by atoms with van der Waals surface area (Å²) in [6.45, 7) is 9.41. The van der Waals surface area contributed by atoms with Crippen LogP contribution in [0.25, 0.3) is 0 Å². The highest BCUT2D eigenvalue weighted by Gasteiger charge is 2.27. The first-order valence-corrected chi connectivity index (χ1v) is 11.0. The zero-order valence-electron chi connectivity index (χ0n) is 16.6. The number of hydrogen-bond acceptors (Lipinski definition) is 4. The Kier molecular flexibility index (Phi) is 6.17. The van der Waals surface area contributed by atoms with E-state index in [1.54, 1.807) is 24.3 Å². The number of benzene rings is 2. The number of nitrogens with zero attached hydrogens (tertiary/aromatic N) is 2. The first-order chi connectivity index (χ1) is 13.3. The number of anilines is 1. The third kappa shape index (κ3) is 4.60. The molecular formula is C21H27N3O3S. The molecule has 1 aliphatic rings. The molecule has 0 spiro atoms. The van der Waals surface area contributed by atoms with Crippen LogP contribution in [0, 0.1) is 13.8 Å². The van der Waals surface area contributed by atoms with Crippen molar-refractivity contribution in [3.63, 3.8) is 0 Å². The first kappa shape index (κ1) is 20.5. The predicted molar refractivity (Wildman–Crippen MR) is 111 cm³/mol. The molecule has 28 heavy (non-hydrogen) atoms. The first-order valence-electron chi connectivity index (χ1n) is 9.52. The lowest BCUT2D eigenvalue weighted by Gasteiger charge is -2.33. The fourth-order valence-corrected chi connectivity index (χ4v) is 4.88. The lowest BCUT2D eigenvalue weighted by Crippen LogP contribution is -2.48. The van der Waals surface area contributed by atoms with Crippen LogP contribution in [0.1, 0.15) is 28.4 Å². The van der Waals surface area contributed by atoms with Crippen LogP contribution in [0.5, 0.6) is 0 Å². The normalized spacial score (nSPS) is 16.1. The van der Waals surface area contributed by atoms with Gasteiger partial charge in [-0.25, -0.2) is 8.42 Å². The minimum absolute atomic E-state index is 0.210. The number of carbonyl (C=O) groups excluding carboxylic acids is 1. The molecular weight excluding hydrogens is 374 g/mol. The number of carbonyl (C=O) groups is 1. The molecule has 7 heteroatoms. The van der Waals surface area contributed by atoms with Gasteiger partial charge in [-0.15, -0.1) is 0 Å². The van der Waals surface area contributed by atoms with Gasteiger partial charge in [0.2, 0.25) is 10.0 Å². The number of sulfonamides is 1. The molecule has 0 radical (unpaired) electrons. The average Bonchev–Trinajstić information content (AvgIpc) is 2.67. The monoisotopic (exact) mass is 401 g/mol. The maximum absolute atomic E-state index is 12.8. The van der Waals surface area contributed by atoms with E-state index < -0.39 is 10.0 Å². The molecule has 2 aromatic rings. The van der Waals surface area contributed by atoms with Gasteiger partial charge in [-0.3, -0.25) is 4.79 Å². The molecule has 6 nitrogen and oxygen atoms in total. The number of nitrogens with one attached hydrogen (secondary N) is 1. The van der Waals surface area contributed by atoms with E-state index in [9.17, 15) is 13.2 Å². The number of piperazine rings is 1. The quantitative estimate of drug-likeness (QED) is 0.836. The average molecular weight is 402 g/mol. The standard InChI is InChI=1S/C21H27N3O3S/c1-4-23-9-11-24(12-10-23)28(26,27)20-7-5-19(6-8-20)22-21(25)18-14-16(2)13-17(3)15-18/h5-8,13-15H,4,9-12H2,1-3H3,(H,22,25). The van der Waals surface area contributed by atoms with Crippen LogP contribution in [-0.2, 0) is 10.0 Å². The van der Waals surface area contributed by atoms with Crippen LogP contribution in [0.2, 0.25) is 0 Å². The minimum atomic E-state index is -3.51. The van der Waals surface area contributed by atoms with Crippen molar-refractivity contribution in [1.82, 2.24) is 9.21 Å². The maximum Gasteiger partial charge on any atom is 0.255 e. The summed E-state index contributed by atoms with van der Waals surface area (Å²) in [6, 6.07) is 12.0. The Morgan fingerprint density at radius 3 is 2.07 bits per heavy atom. The van der Waals surface area contributed by atoms with Crippen LogP contribution >= 0.6 is 0 Å². The van der Waals surface area contributed by atoms with Gasteiger partial charge in [0.25, 0.3) is 5.91 Å². The Morgan fingerprint density at radius 1 is 0.964 bits per heavy atom. The Bertz CT molecular complexity index is 927. The van der Waals surface area contributed by atoms with Crippen LogP contribution < -0.4 is 5.32 Å². The van der Waals surface area contributed by atoms with Gasteiger partial charge in [-0.1, -0.05) is 24.1 Å². The number of likely N-dealkylation sites (N-methyl/N-ethyl adjacent to an activating group) is 1. The molecule has 0 aliphatic carbocycles. The summed E-state index contributed by atoms with van der Waals surface area (Å²) in [5.74, 6) is -0.210. The SMILES string of the molecule is CCN1CCN(S(=O)(=O)c2ccc(NC(=O)c3cc(C)cc(C)c3)cc2)CC1. The Hall–Kier alpha value is -2.22. The zero-order valence-corrected chi connectivity index (χ0v) is 17.4. The van der Waals surface area contributed by atoms with Gasteiger partial charge < -0.3 is 10.2 Å². The fourth-order valence-electron chi connectivity index (χ4n) is 3.45. The Morgan fingerprint density at radius 2 is 1.54 bits per heavy atom. The van der Waals surface area contributed by atoms with Gasteiger partial charge in [0, 0.05) is 37.4 Å². The van der Waals surface area contributed by atoms with Crippen molar-refractivity contribution >= 4 is 21.6 Å². The second-order valence-electron chi connectivity index (χ2n) is 7.19. The van der Waals surface area contributed by atoms with Crippen molar-refractivity contribution in [3.8, 4) is 0 Å². The molecule has 1 saturated heterocycles. The summed E-state index contributed by atoms with van der Waals surface area (Å²) in [7, 11) is -3.51. The molecule has 1 aliphatic heterocycles. The van der Waals surface area contributed by atoms with E-state index in [1.807, 2.05) is 32.0 Å². The molecule has 0 unspecified atom stereocenters. The van der Waals surface area contributed by atoms with Crippen molar-refractivity contribution < 1.29 is 13.2 Å². The lowest BCUT2D eigenvalue weighted by molar-refractivity contribution is 0.102. The van der Waals surface area contributed by atoms with Crippen LogP contribution in [-0.4, -0.2) is 56.3 Å². The summed E-state index contributed by atoms with van der Waals surface area (Å²) in [6.07, 6.45) is 0. The Balaban J connectivity index is 1.70. The second-order valence-corrected chi connectivity index (χ2v) is 9.13. The van der Waals surface area contributed by atoms with E-state index in [2.05, 4.69) is 17.1 Å². The van der Waals surface area contributed by atoms with E-state index in [0.717, 1.165) is 30.8 Å². The minimum Gasteiger partial charge on any atom is -0.322 e. The van der Waals surface area contributed by atoms with E-state index >= 15 is 0 Å². The van der Waals surface area contributed by atoms with E-state index in [1.165, 1.54) is 4.31 Å².